The summed E-state index contributed by atoms with van der Waals surface area (Å²) in [5.41, 5.74) is -1.58. The third kappa shape index (κ3) is 4.84. The molecular formula is C18H15BrF3N3O4. The van der Waals surface area contributed by atoms with Gasteiger partial charge in [-0.3, -0.25) is 14.9 Å². The second-order valence-electron chi connectivity index (χ2n) is 6.43. The van der Waals surface area contributed by atoms with Crippen molar-refractivity contribution in [1.82, 2.24) is 4.98 Å². The zero-order valence-electron chi connectivity index (χ0n) is 14.9. The number of nitrogens with zero attached hydrogens (tertiary/aromatic N) is 3. The van der Waals surface area contributed by atoms with Gasteiger partial charge in [-0.25, -0.2) is 4.98 Å². The minimum atomic E-state index is -4.67. The Morgan fingerprint density at radius 2 is 1.97 bits per heavy atom. The molecule has 0 unspecified atom stereocenters. The van der Waals surface area contributed by atoms with E-state index in [0.717, 1.165) is 12.1 Å². The summed E-state index contributed by atoms with van der Waals surface area (Å²) in [5.74, 6) is -0.578. The van der Waals surface area contributed by atoms with Gasteiger partial charge in [0.1, 0.15) is 10.3 Å². The zero-order chi connectivity index (χ0) is 21.2. The van der Waals surface area contributed by atoms with Crippen LogP contribution in [0, 0.1) is 16.0 Å². The number of hydrogen-bond acceptors (Lipinski definition) is 6. The molecule has 0 N–H and O–H groups in total. The lowest BCUT2D eigenvalue weighted by molar-refractivity contribution is -0.384. The first-order valence-corrected chi connectivity index (χ1v) is 9.39. The lowest BCUT2D eigenvalue weighted by Gasteiger charge is -2.32. The van der Waals surface area contributed by atoms with E-state index in [-0.39, 0.29) is 18.8 Å². The number of carbonyl (C=O) groups is 1. The van der Waals surface area contributed by atoms with Crippen LogP contribution < -0.4 is 9.64 Å². The van der Waals surface area contributed by atoms with Crippen molar-refractivity contribution >= 4 is 33.3 Å². The fraction of sp³-hybridized carbons (Fsp3) is 0.333. The van der Waals surface area contributed by atoms with Crippen molar-refractivity contribution in [2.24, 2.45) is 5.92 Å². The Hall–Kier alpha value is -2.69. The standard InChI is InChI=1S/C18H15BrF3N3O4/c19-16-15(2-1-7-23-16)29-17(26)11-5-8-24(9-6-11)13-4-3-12(18(20,21)22)10-14(13)25(27)28/h1-4,7,10-11H,5-6,8-9H2. The van der Waals surface area contributed by atoms with Crippen LogP contribution in [0.1, 0.15) is 18.4 Å². The average Bonchev–Trinajstić information content (AvgIpc) is 2.68. The van der Waals surface area contributed by atoms with Crippen LogP contribution in [0.15, 0.2) is 41.1 Å². The van der Waals surface area contributed by atoms with E-state index in [1.54, 1.807) is 17.0 Å². The van der Waals surface area contributed by atoms with Crippen molar-refractivity contribution in [1.29, 1.82) is 0 Å². The molecule has 1 aromatic heterocycles. The normalized spacial score (nSPS) is 15.2. The summed E-state index contributed by atoms with van der Waals surface area (Å²) in [7, 11) is 0. The third-order valence-electron chi connectivity index (χ3n) is 4.60. The SMILES string of the molecule is O=C(Oc1cccnc1Br)C1CCN(c2ccc(C(F)(F)F)cc2[N+](=O)[O-])CC1. The molecule has 11 heteroatoms. The number of pyridine rings is 1. The van der Waals surface area contributed by atoms with E-state index in [1.807, 2.05) is 0 Å². The van der Waals surface area contributed by atoms with E-state index in [2.05, 4.69) is 20.9 Å². The Kier molecular flexibility index (Phi) is 6.06. The summed E-state index contributed by atoms with van der Waals surface area (Å²) in [4.78, 5) is 28.4. The summed E-state index contributed by atoms with van der Waals surface area (Å²) >= 11 is 3.19. The maximum atomic E-state index is 12.9. The summed E-state index contributed by atoms with van der Waals surface area (Å²) < 4.78 is 44.3. The number of carbonyl (C=O) groups excluding carboxylic acids is 1. The number of nitro groups is 1. The summed E-state index contributed by atoms with van der Waals surface area (Å²) in [5, 5.41) is 11.3. The molecule has 7 nitrogen and oxygen atoms in total. The number of ether oxygens (including phenoxy) is 1. The number of alkyl halides is 3. The van der Waals surface area contributed by atoms with Crippen LogP contribution >= 0.6 is 15.9 Å². The molecule has 1 fully saturated rings. The molecule has 2 heterocycles. The minimum Gasteiger partial charge on any atom is -0.423 e. The van der Waals surface area contributed by atoms with E-state index in [9.17, 15) is 28.1 Å². The van der Waals surface area contributed by atoms with Gasteiger partial charge in [0.25, 0.3) is 5.69 Å². The van der Waals surface area contributed by atoms with Crippen molar-refractivity contribution in [2.45, 2.75) is 19.0 Å². The van der Waals surface area contributed by atoms with Gasteiger partial charge >= 0.3 is 12.1 Å². The Balaban J connectivity index is 1.70. The molecule has 1 saturated heterocycles. The van der Waals surface area contributed by atoms with Gasteiger partial charge in [-0.1, -0.05) is 0 Å². The molecular weight excluding hydrogens is 459 g/mol. The molecule has 3 rings (SSSR count). The molecule has 0 atom stereocenters. The lowest BCUT2D eigenvalue weighted by atomic mass is 9.96. The zero-order valence-corrected chi connectivity index (χ0v) is 16.4. The number of esters is 1. The maximum Gasteiger partial charge on any atom is 0.416 e. The Labute approximate surface area is 171 Å². The van der Waals surface area contributed by atoms with E-state index in [1.165, 1.54) is 6.20 Å². The van der Waals surface area contributed by atoms with E-state index < -0.39 is 34.2 Å². The number of benzene rings is 1. The molecule has 1 aliphatic heterocycles. The van der Waals surface area contributed by atoms with Crippen LogP contribution in [0.5, 0.6) is 5.75 Å². The van der Waals surface area contributed by atoms with Gasteiger partial charge in [0.05, 0.1) is 16.4 Å². The van der Waals surface area contributed by atoms with Crippen LogP contribution in [0.2, 0.25) is 0 Å². The van der Waals surface area contributed by atoms with Gasteiger partial charge in [-0.05, 0) is 53.0 Å². The number of anilines is 1. The number of rotatable bonds is 4. The van der Waals surface area contributed by atoms with Gasteiger partial charge < -0.3 is 9.64 Å². The Bertz CT molecular complexity index is 931. The molecule has 0 radical (unpaired) electrons. The smallest absolute Gasteiger partial charge is 0.416 e. The minimum absolute atomic E-state index is 0.102. The first kappa shape index (κ1) is 21.0. The highest BCUT2D eigenvalue weighted by Crippen LogP contribution is 2.38. The number of halogens is 4. The fourth-order valence-electron chi connectivity index (χ4n) is 3.11. The molecule has 154 valence electrons. The van der Waals surface area contributed by atoms with Crippen molar-refractivity contribution in [3.05, 3.63) is 56.8 Å². The average molecular weight is 474 g/mol. The fourth-order valence-corrected chi connectivity index (χ4v) is 3.44. The molecule has 29 heavy (non-hydrogen) atoms. The third-order valence-corrected chi connectivity index (χ3v) is 5.20. The predicted molar refractivity (Wildman–Crippen MR) is 101 cm³/mol. The van der Waals surface area contributed by atoms with E-state index in [0.29, 0.717) is 29.3 Å². The Morgan fingerprint density at radius 1 is 1.28 bits per heavy atom. The van der Waals surface area contributed by atoms with Crippen molar-refractivity contribution in [2.75, 3.05) is 18.0 Å². The van der Waals surface area contributed by atoms with Crippen LogP contribution in [0.3, 0.4) is 0 Å². The molecule has 0 spiro atoms. The van der Waals surface area contributed by atoms with Crippen LogP contribution in [0.4, 0.5) is 24.5 Å². The number of nitro benzene ring substituents is 1. The highest BCUT2D eigenvalue weighted by molar-refractivity contribution is 9.10. The number of hydrogen-bond donors (Lipinski definition) is 0. The summed E-state index contributed by atoms with van der Waals surface area (Å²) in [6.45, 7) is 0.556. The van der Waals surface area contributed by atoms with E-state index >= 15 is 0 Å². The van der Waals surface area contributed by atoms with Crippen molar-refractivity contribution in [3.63, 3.8) is 0 Å². The van der Waals surface area contributed by atoms with E-state index in [4.69, 9.17) is 4.74 Å². The predicted octanol–water partition coefficient (Wildman–Crippen LogP) is 4.59. The van der Waals surface area contributed by atoms with Gasteiger partial charge in [0.15, 0.2) is 5.75 Å². The Morgan fingerprint density at radius 3 is 2.55 bits per heavy atom. The maximum absolute atomic E-state index is 12.9. The largest absolute Gasteiger partial charge is 0.423 e. The highest BCUT2D eigenvalue weighted by Gasteiger charge is 2.35. The molecule has 1 aliphatic rings. The molecule has 1 aromatic carbocycles. The second-order valence-corrected chi connectivity index (χ2v) is 7.18. The van der Waals surface area contributed by atoms with Crippen molar-refractivity contribution in [3.8, 4) is 5.75 Å². The monoisotopic (exact) mass is 473 g/mol. The molecule has 0 aliphatic carbocycles. The van der Waals surface area contributed by atoms with Crippen LogP contribution in [-0.2, 0) is 11.0 Å². The first-order chi connectivity index (χ1) is 13.7. The summed E-state index contributed by atoms with van der Waals surface area (Å²) in [6, 6.07) is 5.68. The van der Waals surface area contributed by atoms with Gasteiger partial charge in [-0.15, -0.1) is 0 Å². The van der Waals surface area contributed by atoms with Crippen LogP contribution in [0.25, 0.3) is 0 Å². The van der Waals surface area contributed by atoms with Gasteiger partial charge in [0, 0.05) is 25.4 Å². The van der Waals surface area contributed by atoms with Gasteiger partial charge in [0.2, 0.25) is 0 Å². The molecule has 2 aromatic rings. The summed E-state index contributed by atoms with van der Waals surface area (Å²) in [6.07, 6.45) is -2.42. The lowest BCUT2D eigenvalue weighted by Crippen LogP contribution is -2.38. The quantitative estimate of drug-likeness (QED) is 0.279. The second kappa shape index (κ2) is 8.36. The molecule has 0 saturated carbocycles. The molecule has 0 amide bonds. The van der Waals surface area contributed by atoms with Crippen LogP contribution in [-0.4, -0.2) is 29.0 Å². The molecule has 0 bridgehead atoms. The van der Waals surface area contributed by atoms with Gasteiger partial charge in [-0.2, -0.15) is 13.2 Å². The number of aromatic nitrogens is 1. The van der Waals surface area contributed by atoms with Crippen molar-refractivity contribution < 1.29 is 27.6 Å². The first-order valence-electron chi connectivity index (χ1n) is 8.59. The highest BCUT2D eigenvalue weighted by atomic mass is 79.9. The topological polar surface area (TPSA) is 85.6 Å². The number of piperidine rings is 1.